The number of esters is 1. The molecule has 1 aromatic heterocycles. The lowest BCUT2D eigenvalue weighted by atomic mass is 9.93. The quantitative estimate of drug-likeness (QED) is 0.193. The van der Waals surface area contributed by atoms with Crippen LogP contribution in [0, 0.1) is 14.9 Å². The van der Waals surface area contributed by atoms with Crippen LogP contribution in [0.5, 0.6) is 5.75 Å². The number of hydrogen-bond acceptors (Lipinski definition) is 7. The Balaban J connectivity index is 1.82. The van der Waals surface area contributed by atoms with Gasteiger partial charge in [0.25, 0.3) is 5.56 Å². The summed E-state index contributed by atoms with van der Waals surface area (Å²) >= 11 is 6.88. The highest BCUT2D eigenvalue weighted by Gasteiger charge is 2.35. The lowest BCUT2D eigenvalue weighted by Gasteiger charge is -2.25. The van der Waals surface area contributed by atoms with Gasteiger partial charge in [0.2, 0.25) is 0 Å². The predicted octanol–water partition coefficient (Wildman–Crippen LogP) is 5.21. The van der Waals surface area contributed by atoms with Gasteiger partial charge in [-0.05, 0) is 53.3 Å². The van der Waals surface area contributed by atoms with Crippen molar-refractivity contribution in [1.29, 1.82) is 5.26 Å². The van der Waals surface area contributed by atoms with E-state index in [1.807, 2.05) is 78.9 Å². The van der Waals surface area contributed by atoms with E-state index in [9.17, 15) is 9.59 Å². The molecule has 0 unspecified atom stereocenters. The fourth-order valence-corrected chi connectivity index (χ4v) is 7.17. The molecular weight excluding hydrogens is 705 g/mol. The summed E-state index contributed by atoms with van der Waals surface area (Å²) in [4.78, 5) is 32.9. The Morgan fingerprint density at radius 1 is 1.18 bits per heavy atom. The molecule has 7 nitrogen and oxygen atoms in total. The van der Waals surface area contributed by atoms with Gasteiger partial charge in [-0.25, -0.2) is 9.79 Å². The molecule has 40 heavy (non-hydrogen) atoms. The van der Waals surface area contributed by atoms with Gasteiger partial charge in [0.05, 0.1) is 32.0 Å². The molecule has 5 rings (SSSR count). The number of aromatic nitrogens is 1. The van der Waals surface area contributed by atoms with Gasteiger partial charge in [0, 0.05) is 15.6 Å². The number of carbonyl (C=O) groups is 1. The van der Waals surface area contributed by atoms with E-state index in [0.717, 1.165) is 19.2 Å². The molecule has 0 fully saturated rings. The Labute approximate surface area is 256 Å². The number of benzene rings is 3. The Morgan fingerprint density at radius 2 is 1.88 bits per heavy atom. The maximum Gasteiger partial charge on any atom is 0.338 e. The van der Waals surface area contributed by atoms with Crippen LogP contribution >= 0.6 is 49.9 Å². The van der Waals surface area contributed by atoms with Crippen molar-refractivity contribution >= 4 is 67.6 Å². The van der Waals surface area contributed by atoms with Crippen molar-refractivity contribution in [3.8, 4) is 11.8 Å². The highest BCUT2D eigenvalue weighted by molar-refractivity contribution is 14.1. The first-order valence-corrected chi connectivity index (χ1v) is 14.9. The molecule has 0 radical (unpaired) electrons. The molecule has 1 atom stereocenters. The molecule has 0 amide bonds. The van der Waals surface area contributed by atoms with Gasteiger partial charge in [-0.3, -0.25) is 9.36 Å². The first-order chi connectivity index (χ1) is 19.4. The zero-order valence-corrected chi connectivity index (χ0v) is 25.7. The van der Waals surface area contributed by atoms with Crippen LogP contribution in [0.3, 0.4) is 0 Å². The molecule has 0 aliphatic carbocycles. The smallest absolute Gasteiger partial charge is 0.338 e. The number of thiazole rings is 1. The van der Waals surface area contributed by atoms with Crippen molar-refractivity contribution in [1.82, 2.24) is 4.57 Å². The summed E-state index contributed by atoms with van der Waals surface area (Å²) in [5.41, 5.74) is 2.62. The molecule has 0 saturated heterocycles. The third-order valence-electron chi connectivity index (χ3n) is 6.09. The van der Waals surface area contributed by atoms with Crippen LogP contribution in [0.2, 0.25) is 0 Å². The maximum atomic E-state index is 14.1. The standard InChI is InChI=1S/C30H21BrIN3O4S/c1-2-38-29(37)24-25(18-9-5-3-6-10-18)34-30-35(26(24)19-11-7-4-8-12-19)28(36)23(40-30)16-20-15-21(31)17-22(32)27(20)39-14-13-33/h3-12,15-17,26H,2,14H2,1H3/b23-16-/t26-/m1/s1. The Kier molecular flexibility index (Phi) is 8.63. The Morgan fingerprint density at radius 3 is 2.55 bits per heavy atom. The lowest BCUT2D eigenvalue weighted by Crippen LogP contribution is -2.40. The van der Waals surface area contributed by atoms with Crippen LogP contribution in [0.1, 0.15) is 29.7 Å². The molecule has 2 heterocycles. The number of fused-ring (bicyclic) bond motifs is 1. The SMILES string of the molecule is CCOC(=O)C1=C(c2ccccc2)N=c2s/c(=C\c3cc(Br)cc(I)c3OCC#N)c(=O)n2[C@@H]1c1ccccc1. The maximum absolute atomic E-state index is 14.1. The monoisotopic (exact) mass is 725 g/mol. The number of nitriles is 1. The minimum absolute atomic E-state index is 0.128. The molecule has 1 aliphatic rings. The second-order valence-electron chi connectivity index (χ2n) is 8.59. The summed E-state index contributed by atoms with van der Waals surface area (Å²) in [7, 11) is 0. The van der Waals surface area contributed by atoms with E-state index in [1.165, 1.54) is 11.3 Å². The predicted molar refractivity (Wildman–Crippen MR) is 165 cm³/mol. The van der Waals surface area contributed by atoms with E-state index in [0.29, 0.717) is 31.9 Å². The molecule has 10 heteroatoms. The number of nitrogens with zero attached hydrogens (tertiary/aromatic N) is 3. The molecule has 0 saturated carbocycles. The van der Waals surface area contributed by atoms with E-state index < -0.39 is 12.0 Å². The van der Waals surface area contributed by atoms with Crippen LogP contribution in [0.25, 0.3) is 11.8 Å². The first-order valence-electron chi connectivity index (χ1n) is 12.2. The average molecular weight is 726 g/mol. The third kappa shape index (κ3) is 5.54. The van der Waals surface area contributed by atoms with Gasteiger partial charge in [-0.2, -0.15) is 5.26 Å². The minimum atomic E-state index is -0.745. The fourth-order valence-electron chi connectivity index (χ4n) is 4.48. The van der Waals surface area contributed by atoms with E-state index >= 15 is 0 Å². The Hall–Kier alpha value is -3.53. The van der Waals surface area contributed by atoms with Crippen molar-refractivity contribution in [2.75, 3.05) is 13.2 Å². The van der Waals surface area contributed by atoms with Gasteiger partial charge in [0.15, 0.2) is 11.4 Å². The minimum Gasteiger partial charge on any atom is -0.477 e. The molecule has 3 aromatic carbocycles. The summed E-state index contributed by atoms with van der Waals surface area (Å²) in [6.45, 7) is 1.80. The lowest BCUT2D eigenvalue weighted by molar-refractivity contribution is -0.138. The van der Waals surface area contributed by atoms with Crippen LogP contribution in [0.4, 0.5) is 0 Å². The van der Waals surface area contributed by atoms with E-state index in [-0.39, 0.29) is 18.8 Å². The highest BCUT2D eigenvalue weighted by atomic mass is 127. The van der Waals surface area contributed by atoms with Crippen molar-refractivity contribution in [3.05, 3.63) is 123 Å². The van der Waals surface area contributed by atoms with E-state index in [1.54, 1.807) is 17.6 Å². The zero-order valence-electron chi connectivity index (χ0n) is 21.1. The topological polar surface area (TPSA) is 93.7 Å². The highest BCUT2D eigenvalue weighted by Crippen LogP contribution is 2.35. The van der Waals surface area contributed by atoms with Crippen LogP contribution in [-0.4, -0.2) is 23.8 Å². The average Bonchev–Trinajstić information content (AvgIpc) is 3.27. The second kappa shape index (κ2) is 12.3. The fraction of sp³-hybridized carbons (Fsp3) is 0.133. The Bertz CT molecular complexity index is 1840. The normalized spacial score (nSPS) is 14.8. The van der Waals surface area contributed by atoms with Crippen molar-refractivity contribution in [2.45, 2.75) is 13.0 Å². The van der Waals surface area contributed by atoms with Crippen molar-refractivity contribution in [3.63, 3.8) is 0 Å². The molecule has 200 valence electrons. The molecule has 0 spiro atoms. The van der Waals surface area contributed by atoms with E-state index in [2.05, 4.69) is 38.5 Å². The van der Waals surface area contributed by atoms with Gasteiger partial charge in [0.1, 0.15) is 11.8 Å². The van der Waals surface area contributed by atoms with Gasteiger partial charge in [-0.1, -0.05) is 87.9 Å². The number of rotatable bonds is 7. The molecule has 4 aromatic rings. The summed E-state index contributed by atoms with van der Waals surface area (Å²) < 4.78 is 14.8. The molecule has 0 N–H and O–H groups in total. The summed E-state index contributed by atoms with van der Waals surface area (Å²) in [6.07, 6.45) is 1.74. The molecule has 0 bridgehead atoms. The van der Waals surface area contributed by atoms with Gasteiger partial charge >= 0.3 is 5.97 Å². The van der Waals surface area contributed by atoms with Crippen LogP contribution in [-0.2, 0) is 9.53 Å². The molecular formula is C30H21BrIN3O4S. The van der Waals surface area contributed by atoms with Gasteiger partial charge < -0.3 is 9.47 Å². The largest absolute Gasteiger partial charge is 0.477 e. The third-order valence-corrected chi connectivity index (χ3v) is 8.34. The van der Waals surface area contributed by atoms with Crippen LogP contribution in [0.15, 0.2) is 92.6 Å². The van der Waals surface area contributed by atoms with E-state index in [4.69, 9.17) is 19.7 Å². The summed E-state index contributed by atoms with van der Waals surface area (Å²) in [5.74, 6) is -0.0186. The number of carbonyl (C=O) groups excluding carboxylic acids is 1. The zero-order chi connectivity index (χ0) is 28.2. The summed E-state index contributed by atoms with van der Waals surface area (Å²) in [5, 5.41) is 9.07. The number of halogens is 2. The van der Waals surface area contributed by atoms with Crippen molar-refractivity contribution in [2.24, 2.45) is 4.99 Å². The first kappa shape index (κ1) is 28.0. The molecule has 1 aliphatic heterocycles. The second-order valence-corrected chi connectivity index (χ2v) is 11.7. The number of hydrogen-bond donors (Lipinski definition) is 0. The van der Waals surface area contributed by atoms with Crippen molar-refractivity contribution < 1.29 is 14.3 Å². The van der Waals surface area contributed by atoms with Gasteiger partial charge in [-0.15, -0.1) is 0 Å². The van der Waals surface area contributed by atoms with Crippen LogP contribution < -0.4 is 19.6 Å². The summed E-state index contributed by atoms with van der Waals surface area (Å²) in [6, 6.07) is 23.8. The number of ether oxygens (including phenoxy) is 2.